The summed E-state index contributed by atoms with van der Waals surface area (Å²) in [6, 6.07) is 7.39. The number of benzene rings is 1. The van der Waals surface area contributed by atoms with Gasteiger partial charge in [0.2, 0.25) is 11.8 Å². The molecule has 2 unspecified atom stereocenters. The number of hydrogen-bond acceptors (Lipinski definition) is 3. The summed E-state index contributed by atoms with van der Waals surface area (Å²) in [5.41, 5.74) is 7.36. The maximum Gasteiger partial charge on any atom is 0.233 e. The van der Waals surface area contributed by atoms with Gasteiger partial charge < -0.3 is 5.73 Å². The quantitative estimate of drug-likeness (QED) is 0.650. The van der Waals surface area contributed by atoms with Crippen molar-refractivity contribution in [3.8, 4) is 0 Å². The minimum atomic E-state index is -0.0903. The van der Waals surface area contributed by atoms with Crippen LogP contribution in [0.25, 0.3) is 0 Å². The van der Waals surface area contributed by atoms with Crippen molar-refractivity contribution in [2.75, 3.05) is 5.73 Å². The summed E-state index contributed by atoms with van der Waals surface area (Å²) in [6.07, 6.45) is 1.69. The van der Waals surface area contributed by atoms with Crippen LogP contribution in [0.15, 0.2) is 24.3 Å². The van der Waals surface area contributed by atoms with Crippen molar-refractivity contribution in [3.63, 3.8) is 0 Å². The van der Waals surface area contributed by atoms with Gasteiger partial charge in [0.15, 0.2) is 0 Å². The summed E-state index contributed by atoms with van der Waals surface area (Å²) in [6.45, 7) is 2.42. The highest BCUT2D eigenvalue weighted by atomic mass is 16.2. The van der Waals surface area contributed by atoms with Crippen molar-refractivity contribution in [3.05, 3.63) is 29.8 Å². The highest BCUT2D eigenvalue weighted by Gasteiger charge is 2.51. The van der Waals surface area contributed by atoms with Crippen LogP contribution in [0.3, 0.4) is 0 Å². The lowest BCUT2D eigenvalue weighted by Crippen LogP contribution is -2.31. The number of nitrogens with two attached hydrogens (primary N) is 1. The number of para-hydroxylation sites is 1. The smallest absolute Gasteiger partial charge is 0.233 e. The molecule has 2 fully saturated rings. The molecule has 100 valence electrons. The van der Waals surface area contributed by atoms with Gasteiger partial charge >= 0.3 is 0 Å². The molecule has 1 aromatic carbocycles. The molecule has 19 heavy (non-hydrogen) atoms. The van der Waals surface area contributed by atoms with Crippen LogP contribution in [0.5, 0.6) is 0 Å². The summed E-state index contributed by atoms with van der Waals surface area (Å²) in [7, 11) is 0. The molecule has 1 saturated heterocycles. The predicted molar refractivity (Wildman–Crippen MR) is 71.8 cm³/mol. The Morgan fingerprint density at radius 2 is 1.74 bits per heavy atom. The molecule has 3 rings (SSSR count). The molecule has 2 amide bonds. The number of fused-ring (bicyclic) bond motifs is 1. The fourth-order valence-electron chi connectivity index (χ4n) is 3.35. The van der Waals surface area contributed by atoms with E-state index < -0.39 is 0 Å². The first-order valence-corrected chi connectivity index (χ1v) is 6.76. The third-order valence-corrected chi connectivity index (χ3v) is 4.35. The van der Waals surface area contributed by atoms with Crippen LogP contribution in [0.2, 0.25) is 0 Å². The van der Waals surface area contributed by atoms with E-state index in [4.69, 9.17) is 5.73 Å². The molecule has 1 aliphatic heterocycles. The number of nitrogen functional groups attached to an aromatic ring is 1. The van der Waals surface area contributed by atoms with Gasteiger partial charge in [0, 0.05) is 5.69 Å². The molecule has 0 radical (unpaired) electrons. The Balaban J connectivity index is 1.82. The van der Waals surface area contributed by atoms with Gasteiger partial charge in [-0.1, -0.05) is 25.1 Å². The van der Waals surface area contributed by atoms with E-state index in [1.807, 2.05) is 18.2 Å². The number of nitrogens with zero attached hydrogens (tertiary/aromatic N) is 1. The number of rotatable bonds is 2. The molecule has 2 atom stereocenters. The lowest BCUT2D eigenvalue weighted by Gasteiger charge is -2.17. The van der Waals surface area contributed by atoms with Crippen LogP contribution in [0.1, 0.15) is 25.3 Å². The van der Waals surface area contributed by atoms with Gasteiger partial charge in [-0.15, -0.1) is 0 Å². The van der Waals surface area contributed by atoms with Crippen LogP contribution in [0.4, 0.5) is 5.69 Å². The lowest BCUT2D eigenvalue weighted by atomic mass is 10.00. The fourth-order valence-corrected chi connectivity index (χ4v) is 3.35. The van der Waals surface area contributed by atoms with E-state index in [-0.39, 0.29) is 23.7 Å². The molecule has 4 heteroatoms. The average Bonchev–Trinajstić information content (AvgIpc) is 2.86. The number of likely N-dealkylation sites (tertiary alicyclic amines) is 1. The average molecular weight is 258 g/mol. The Morgan fingerprint density at radius 1 is 1.16 bits per heavy atom. The van der Waals surface area contributed by atoms with Gasteiger partial charge in [-0.3, -0.25) is 14.5 Å². The molecule has 2 aliphatic rings. The SMILES string of the molecule is CC1CC2C(=O)N(Cc3ccccc3N)C(=O)C2C1. The van der Waals surface area contributed by atoms with Gasteiger partial charge in [-0.2, -0.15) is 0 Å². The fraction of sp³-hybridized carbons (Fsp3) is 0.467. The Kier molecular flexibility index (Phi) is 2.81. The van der Waals surface area contributed by atoms with E-state index in [0.717, 1.165) is 18.4 Å². The zero-order valence-electron chi connectivity index (χ0n) is 11.0. The first-order chi connectivity index (χ1) is 9.08. The lowest BCUT2D eigenvalue weighted by molar-refractivity contribution is -0.141. The number of hydrogen-bond donors (Lipinski definition) is 1. The highest BCUT2D eigenvalue weighted by Crippen LogP contribution is 2.43. The Bertz CT molecular complexity index is 517. The number of amides is 2. The molecule has 2 N–H and O–H groups in total. The molecule has 1 heterocycles. The van der Waals surface area contributed by atoms with E-state index in [9.17, 15) is 9.59 Å². The number of imide groups is 1. The summed E-state index contributed by atoms with van der Waals surface area (Å²) in [5, 5.41) is 0. The van der Waals surface area contributed by atoms with Crippen molar-refractivity contribution in [2.24, 2.45) is 17.8 Å². The zero-order valence-corrected chi connectivity index (χ0v) is 11.0. The number of carbonyl (C=O) groups is 2. The second kappa shape index (κ2) is 4.37. The monoisotopic (exact) mass is 258 g/mol. The van der Waals surface area contributed by atoms with Crippen molar-refractivity contribution < 1.29 is 9.59 Å². The third-order valence-electron chi connectivity index (χ3n) is 4.35. The summed E-state index contributed by atoms with van der Waals surface area (Å²) < 4.78 is 0. The molecule has 1 aromatic rings. The molecule has 1 saturated carbocycles. The molecular weight excluding hydrogens is 240 g/mol. The maximum atomic E-state index is 12.3. The van der Waals surface area contributed by atoms with E-state index in [1.165, 1.54) is 4.90 Å². The minimum Gasteiger partial charge on any atom is -0.398 e. The maximum absolute atomic E-state index is 12.3. The van der Waals surface area contributed by atoms with Crippen LogP contribution in [0, 0.1) is 17.8 Å². The first kappa shape index (κ1) is 12.2. The second-order valence-electron chi connectivity index (χ2n) is 5.75. The second-order valence-corrected chi connectivity index (χ2v) is 5.75. The van der Waals surface area contributed by atoms with E-state index in [1.54, 1.807) is 6.07 Å². The number of anilines is 1. The molecule has 0 aromatic heterocycles. The van der Waals surface area contributed by atoms with Gasteiger partial charge in [-0.25, -0.2) is 0 Å². The van der Waals surface area contributed by atoms with Crippen LogP contribution in [-0.4, -0.2) is 16.7 Å². The Labute approximate surface area is 112 Å². The molecule has 0 bridgehead atoms. The van der Waals surface area contributed by atoms with Gasteiger partial charge in [0.05, 0.1) is 18.4 Å². The van der Waals surface area contributed by atoms with Crippen LogP contribution < -0.4 is 5.73 Å². The third kappa shape index (κ3) is 1.91. The van der Waals surface area contributed by atoms with Crippen molar-refractivity contribution in [2.45, 2.75) is 26.3 Å². The predicted octanol–water partition coefficient (Wildman–Crippen LogP) is 1.80. The Morgan fingerprint density at radius 3 is 2.32 bits per heavy atom. The molecule has 0 spiro atoms. The van der Waals surface area contributed by atoms with Gasteiger partial charge in [0.1, 0.15) is 0 Å². The summed E-state index contributed by atoms with van der Waals surface area (Å²) in [5.74, 6) is 0.275. The van der Waals surface area contributed by atoms with E-state index >= 15 is 0 Å². The topological polar surface area (TPSA) is 63.4 Å². The largest absolute Gasteiger partial charge is 0.398 e. The molecular formula is C15H18N2O2. The zero-order chi connectivity index (χ0) is 13.6. The van der Waals surface area contributed by atoms with Crippen LogP contribution in [-0.2, 0) is 16.1 Å². The number of carbonyl (C=O) groups excluding carboxylic acids is 2. The molecule has 1 aliphatic carbocycles. The van der Waals surface area contributed by atoms with Crippen molar-refractivity contribution in [1.29, 1.82) is 0 Å². The standard InChI is InChI=1S/C15H18N2O2/c1-9-6-11-12(7-9)15(19)17(14(11)18)8-10-4-2-3-5-13(10)16/h2-5,9,11-12H,6-8,16H2,1H3. The van der Waals surface area contributed by atoms with Crippen molar-refractivity contribution >= 4 is 17.5 Å². The molecule has 4 nitrogen and oxygen atoms in total. The van der Waals surface area contributed by atoms with Gasteiger partial charge in [0.25, 0.3) is 0 Å². The minimum absolute atomic E-state index is 0.0115. The summed E-state index contributed by atoms with van der Waals surface area (Å²) >= 11 is 0. The van der Waals surface area contributed by atoms with E-state index in [0.29, 0.717) is 18.2 Å². The Hall–Kier alpha value is -1.84. The normalized spacial score (nSPS) is 29.9. The summed E-state index contributed by atoms with van der Waals surface area (Å²) in [4.78, 5) is 26.0. The van der Waals surface area contributed by atoms with Crippen LogP contribution >= 0.6 is 0 Å². The van der Waals surface area contributed by atoms with E-state index in [2.05, 4.69) is 6.92 Å². The first-order valence-electron chi connectivity index (χ1n) is 6.76. The van der Waals surface area contributed by atoms with Crippen molar-refractivity contribution in [1.82, 2.24) is 4.90 Å². The highest BCUT2D eigenvalue weighted by molar-refractivity contribution is 6.05. The van der Waals surface area contributed by atoms with Gasteiger partial charge in [-0.05, 0) is 30.4 Å².